The van der Waals surface area contributed by atoms with Gasteiger partial charge in [-0.15, -0.1) is 0 Å². The second-order valence-electron chi connectivity index (χ2n) is 4.86. The average molecular weight is 254 g/mol. The molecule has 0 aromatic heterocycles. The Balaban J connectivity index is 2.95. The number of benzene rings is 1. The largest absolute Gasteiger partial charge is 0.328 e. The van der Waals surface area contributed by atoms with Crippen molar-refractivity contribution in [2.24, 2.45) is 0 Å². The van der Waals surface area contributed by atoms with E-state index in [-0.39, 0.29) is 12.2 Å². The highest BCUT2D eigenvalue weighted by Gasteiger charge is 2.19. The lowest BCUT2D eigenvalue weighted by Crippen LogP contribution is -2.15. The van der Waals surface area contributed by atoms with Crippen LogP contribution >= 0.6 is 8.38 Å². The molecule has 0 saturated heterocycles. The molecule has 0 radical (unpaired) electrons. The van der Waals surface area contributed by atoms with Crippen molar-refractivity contribution in [2.45, 2.75) is 53.8 Å². The predicted octanol–water partition coefficient (Wildman–Crippen LogP) is 4.09. The first kappa shape index (κ1) is 14.6. The van der Waals surface area contributed by atoms with E-state index in [9.17, 15) is 0 Å². The molecule has 96 valence electrons. The van der Waals surface area contributed by atoms with Crippen LogP contribution in [0.25, 0.3) is 0 Å². The summed E-state index contributed by atoms with van der Waals surface area (Å²) in [6, 6.07) is 6.42. The third-order valence-corrected chi connectivity index (χ3v) is 4.28. The molecule has 0 bridgehead atoms. The Morgan fingerprint density at radius 3 is 1.88 bits per heavy atom. The molecule has 0 heterocycles. The van der Waals surface area contributed by atoms with Crippen LogP contribution in [-0.2, 0) is 9.05 Å². The van der Waals surface area contributed by atoms with Gasteiger partial charge in [0.15, 0.2) is 0 Å². The van der Waals surface area contributed by atoms with Crippen LogP contribution in [0.1, 0.15) is 38.8 Å². The Bertz CT molecular complexity index is 351. The fourth-order valence-electron chi connectivity index (χ4n) is 1.53. The minimum absolute atomic E-state index is 0.181. The second-order valence-corrected chi connectivity index (χ2v) is 6.27. The smallest absolute Gasteiger partial charge is 0.205 e. The van der Waals surface area contributed by atoms with E-state index in [0.29, 0.717) is 0 Å². The van der Waals surface area contributed by atoms with Gasteiger partial charge >= 0.3 is 0 Å². The Kier molecular flexibility index (Phi) is 5.58. The van der Waals surface area contributed by atoms with E-state index < -0.39 is 8.38 Å². The summed E-state index contributed by atoms with van der Waals surface area (Å²) in [6.45, 7) is 12.4. The molecule has 0 unspecified atom stereocenters. The molecule has 0 N–H and O–H groups in total. The molecule has 1 aromatic rings. The molecule has 0 aliphatic heterocycles. The third kappa shape index (κ3) is 4.75. The van der Waals surface area contributed by atoms with Crippen LogP contribution in [0.4, 0.5) is 0 Å². The number of hydrogen-bond acceptors (Lipinski definition) is 2. The first-order chi connectivity index (χ1) is 7.90. The Morgan fingerprint density at radius 1 is 0.941 bits per heavy atom. The number of rotatable bonds is 5. The molecule has 0 aliphatic rings. The van der Waals surface area contributed by atoms with Gasteiger partial charge in [0.2, 0.25) is 8.38 Å². The van der Waals surface area contributed by atoms with Crippen molar-refractivity contribution in [1.82, 2.24) is 0 Å². The van der Waals surface area contributed by atoms with Gasteiger partial charge in [-0.3, -0.25) is 0 Å². The van der Waals surface area contributed by atoms with Crippen LogP contribution in [0, 0.1) is 13.8 Å². The van der Waals surface area contributed by atoms with Crippen LogP contribution in [0.2, 0.25) is 0 Å². The summed E-state index contributed by atoms with van der Waals surface area (Å²) in [5.74, 6) is 0. The summed E-state index contributed by atoms with van der Waals surface area (Å²) in [6.07, 6.45) is 0.362. The molecule has 1 rings (SSSR count). The molecule has 0 amide bonds. The van der Waals surface area contributed by atoms with Crippen molar-refractivity contribution < 1.29 is 9.05 Å². The summed E-state index contributed by atoms with van der Waals surface area (Å²) in [5.41, 5.74) is 2.52. The normalized spacial score (nSPS) is 11.8. The van der Waals surface area contributed by atoms with E-state index in [1.165, 1.54) is 16.4 Å². The van der Waals surface area contributed by atoms with Crippen LogP contribution in [0.15, 0.2) is 18.2 Å². The molecule has 0 saturated carbocycles. The van der Waals surface area contributed by atoms with Crippen molar-refractivity contribution in [3.05, 3.63) is 29.3 Å². The van der Waals surface area contributed by atoms with Gasteiger partial charge in [0.25, 0.3) is 0 Å². The molecule has 1 aromatic carbocycles. The molecule has 0 aliphatic carbocycles. The lowest BCUT2D eigenvalue weighted by atomic mass is 10.2. The minimum atomic E-state index is -0.968. The van der Waals surface area contributed by atoms with Gasteiger partial charge in [0.1, 0.15) is 0 Å². The number of hydrogen-bond donors (Lipinski definition) is 0. The fourth-order valence-corrected chi connectivity index (χ4v) is 3.12. The summed E-state index contributed by atoms with van der Waals surface area (Å²) in [7, 11) is -0.968. The molecule has 0 fully saturated rings. The van der Waals surface area contributed by atoms with E-state index in [1.54, 1.807) is 0 Å². The van der Waals surface area contributed by atoms with Gasteiger partial charge in [0.05, 0.1) is 12.2 Å². The van der Waals surface area contributed by atoms with Gasteiger partial charge in [-0.2, -0.15) is 0 Å². The van der Waals surface area contributed by atoms with E-state index in [2.05, 4.69) is 32.0 Å². The van der Waals surface area contributed by atoms with Crippen molar-refractivity contribution in [3.8, 4) is 0 Å². The maximum absolute atomic E-state index is 5.91. The maximum atomic E-state index is 5.91. The van der Waals surface area contributed by atoms with Crippen molar-refractivity contribution in [2.75, 3.05) is 0 Å². The van der Waals surface area contributed by atoms with E-state index >= 15 is 0 Å². The summed E-state index contributed by atoms with van der Waals surface area (Å²) >= 11 is 0. The molecular weight excluding hydrogens is 231 g/mol. The monoisotopic (exact) mass is 254 g/mol. The van der Waals surface area contributed by atoms with Gasteiger partial charge < -0.3 is 9.05 Å². The first-order valence-corrected chi connectivity index (χ1v) is 7.29. The van der Waals surface area contributed by atoms with Gasteiger partial charge in [0, 0.05) is 5.30 Å². The van der Waals surface area contributed by atoms with Crippen molar-refractivity contribution in [1.29, 1.82) is 0 Å². The van der Waals surface area contributed by atoms with Gasteiger partial charge in [-0.1, -0.05) is 17.7 Å². The summed E-state index contributed by atoms with van der Waals surface area (Å²) in [5, 5.41) is 1.19. The van der Waals surface area contributed by atoms with Crippen LogP contribution in [0.5, 0.6) is 0 Å². The highest BCUT2D eigenvalue weighted by molar-refractivity contribution is 7.56. The van der Waals surface area contributed by atoms with E-state index in [0.717, 1.165) is 0 Å². The van der Waals surface area contributed by atoms with E-state index in [1.807, 2.05) is 27.7 Å². The second kappa shape index (κ2) is 6.49. The first-order valence-electron chi connectivity index (χ1n) is 6.11. The molecule has 3 heteroatoms. The van der Waals surface area contributed by atoms with Crippen molar-refractivity contribution in [3.63, 3.8) is 0 Å². The molecule has 2 nitrogen and oxygen atoms in total. The van der Waals surface area contributed by atoms with E-state index in [4.69, 9.17) is 9.05 Å². The SMILES string of the molecule is Cc1ccc(P(OC(C)C)OC(C)C)c(C)c1. The topological polar surface area (TPSA) is 18.5 Å². The Morgan fingerprint density at radius 2 is 1.47 bits per heavy atom. The zero-order valence-corrected chi connectivity index (χ0v) is 12.5. The zero-order chi connectivity index (χ0) is 13.0. The zero-order valence-electron chi connectivity index (χ0n) is 11.7. The van der Waals surface area contributed by atoms with Crippen LogP contribution in [-0.4, -0.2) is 12.2 Å². The van der Waals surface area contributed by atoms with Gasteiger partial charge in [-0.05, 0) is 53.2 Å². The minimum Gasteiger partial charge on any atom is -0.328 e. The quantitative estimate of drug-likeness (QED) is 0.737. The Labute approximate surface area is 106 Å². The summed E-state index contributed by atoms with van der Waals surface area (Å²) < 4.78 is 11.8. The third-order valence-electron chi connectivity index (χ3n) is 2.16. The fraction of sp³-hybridized carbons (Fsp3) is 0.571. The lowest BCUT2D eigenvalue weighted by molar-refractivity contribution is 0.183. The highest BCUT2D eigenvalue weighted by atomic mass is 31.2. The molecule has 0 spiro atoms. The predicted molar refractivity (Wildman–Crippen MR) is 74.9 cm³/mol. The highest BCUT2D eigenvalue weighted by Crippen LogP contribution is 2.41. The molecule has 0 atom stereocenters. The van der Waals surface area contributed by atoms with Crippen LogP contribution < -0.4 is 5.30 Å². The number of aryl methyl sites for hydroxylation is 2. The standard InChI is InChI=1S/C14H23O2P/c1-10(2)15-17(16-11(3)4)14-8-7-12(5)9-13(14)6/h7-11H,1-6H3. The summed E-state index contributed by atoms with van der Waals surface area (Å²) in [4.78, 5) is 0. The molecular formula is C14H23O2P. The Hall–Kier alpha value is -0.430. The van der Waals surface area contributed by atoms with Gasteiger partial charge in [-0.25, -0.2) is 0 Å². The average Bonchev–Trinajstić information content (AvgIpc) is 2.14. The van der Waals surface area contributed by atoms with Crippen molar-refractivity contribution >= 4 is 13.7 Å². The lowest BCUT2D eigenvalue weighted by Gasteiger charge is -2.23. The van der Waals surface area contributed by atoms with Crippen LogP contribution in [0.3, 0.4) is 0 Å². The maximum Gasteiger partial charge on any atom is 0.205 e. The molecule has 17 heavy (non-hydrogen) atoms.